The highest BCUT2D eigenvalue weighted by molar-refractivity contribution is 5.58. The van der Waals surface area contributed by atoms with Gasteiger partial charge in [0.15, 0.2) is 0 Å². The lowest BCUT2D eigenvalue weighted by Crippen LogP contribution is -1.92. The van der Waals surface area contributed by atoms with Crippen LogP contribution in [0, 0.1) is 6.92 Å². The zero-order valence-electron chi connectivity index (χ0n) is 7.68. The van der Waals surface area contributed by atoms with Crippen LogP contribution in [0.15, 0.2) is 30.5 Å². The average Bonchev–Trinajstić information content (AvgIpc) is 2.19. The summed E-state index contributed by atoms with van der Waals surface area (Å²) in [6.07, 6.45) is 1.60. The fourth-order valence-corrected chi connectivity index (χ4v) is 1.16. The number of phenols is 1. The summed E-state index contributed by atoms with van der Waals surface area (Å²) in [4.78, 5) is 4.22. The van der Waals surface area contributed by atoms with Crippen molar-refractivity contribution in [2.45, 2.75) is 6.92 Å². The molecule has 0 saturated carbocycles. The number of aromatic nitrogens is 3. The van der Waals surface area contributed by atoms with Crippen LogP contribution in [0.5, 0.6) is 5.75 Å². The first kappa shape index (κ1) is 8.62. The van der Waals surface area contributed by atoms with Crippen LogP contribution < -0.4 is 0 Å². The van der Waals surface area contributed by atoms with Crippen LogP contribution in [-0.2, 0) is 0 Å². The van der Waals surface area contributed by atoms with E-state index in [0.717, 1.165) is 11.3 Å². The summed E-state index contributed by atoms with van der Waals surface area (Å²) in [5.74, 6) is 0.878. The molecule has 4 heteroatoms. The van der Waals surface area contributed by atoms with Crippen LogP contribution >= 0.6 is 0 Å². The molecule has 2 aromatic rings. The van der Waals surface area contributed by atoms with Crippen molar-refractivity contribution in [2.75, 3.05) is 0 Å². The van der Waals surface area contributed by atoms with Gasteiger partial charge < -0.3 is 5.11 Å². The quantitative estimate of drug-likeness (QED) is 0.735. The van der Waals surface area contributed by atoms with Gasteiger partial charge in [0.25, 0.3) is 0 Å². The van der Waals surface area contributed by atoms with E-state index in [9.17, 15) is 0 Å². The Morgan fingerprint density at radius 3 is 2.50 bits per heavy atom. The molecular weight excluding hydrogens is 178 g/mol. The number of aryl methyl sites for hydroxylation is 1. The first-order valence-corrected chi connectivity index (χ1v) is 4.21. The summed E-state index contributed by atoms with van der Waals surface area (Å²) < 4.78 is 0. The summed E-state index contributed by atoms with van der Waals surface area (Å²) in [7, 11) is 0. The van der Waals surface area contributed by atoms with Crippen molar-refractivity contribution in [2.24, 2.45) is 0 Å². The number of benzene rings is 1. The highest BCUT2D eigenvalue weighted by atomic mass is 16.3. The molecular formula is C10H9N3O. The molecule has 0 atom stereocenters. The number of nitrogens with zero attached hydrogens (tertiary/aromatic N) is 3. The Balaban J connectivity index is 2.44. The molecule has 14 heavy (non-hydrogen) atoms. The first-order valence-electron chi connectivity index (χ1n) is 4.21. The predicted molar refractivity (Wildman–Crippen MR) is 51.7 cm³/mol. The molecule has 0 amide bonds. The summed E-state index contributed by atoms with van der Waals surface area (Å²) in [5, 5.41) is 16.7. The van der Waals surface area contributed by atoms with Crippen LogP contribution in [0.25, 0.3) is 11.3 Å². The largest absolute Gasteiger partial charge is 0.508 e. The minimum absolute atomic E-state index is 0.243. The Kier molecular flexibility index (Phi) is 2.10. The van der Waals surface area contributed by atoms with Crippen LogP contribution in [0.1, 0.15) is 5.82 Å². The Morgan fingerprint density at radius 1 is 1.14 bits per heavy atom. The zero-order chi connectivity index (χ0) is 9.97. The van der Waals surface area contributed by atoms with Gasteiger partial charge in [-0.1, -0.05) is 0 Å². The molecule has 4 nitrogen and oxygen atoms in total. The van der Waals surface area contributed by atoms with Crippen molar-refractivity contribution in [1.82, 2.24) is 15.2 Å². The van der Waals surface area contributed by atoms with Crippen LogP contribution in [0.3, 0.4) is 0 Å². The van der Waals surface area contributed by atoms with Gasteiger partial charge in [-0.2, -0.15) is 5.10 Å². The normalized spacial score (nSPS) is 10.1. The molecule has 2 rings (SSSR count). The lowest BCUT2D eigenvalue weighted by molar-refractivity contribution is 0.475. The van der Waals surface area contributed by atoms with E-state index in [1.54, 1.807) is 37.4 Å². The van der Waals surface area contributed by atoms with Crippen LogP contribution in [0.2, 0.25) is 0 Å². The van der Waals surface area contributed by atoms with E-state index in [-0.39, 0.29) is 5.75 Å². The second-order valence-corrected chi connectivity index (χ2v) is 2.94. The number of hydrogen-bond acceptors (Lipinski definition) is 4. The third-order valence-electron chi connectivity index (χ3n) is 1.83. The Morgan fingerprint density at radius 2 is 1.86 bits per heavy atom. The number of aromatic hydroxyl groups is 1. The predicted octanol–water partition coefficient (Wildman–Crippen LogP) is 1.55. The number of phenolic OH excluding ortho intramolecular Hbond substituents is 1. The number of hydrogen-bond donors (Lipinski definition) is 1. The first-order chi connectivity index (χ1) is 6.75. The van der Waals surface area contributed by atoms with Gasteiger partial charge in [0.1, 0.15) is 11.6 Å². The molecule has 0 aliphatic carbocycles. The van der Waals surface area contributed by atoms with Gasteiger partial charge in [-0.15, -0.1) is 5.10 Å². The van der Waals surface area contributed by atoms with E-state index >= 15 is 0 Å². The van der Waals surface area contributed by atoms with E-state index in [0.29, 0.717) is 5.82 Å². The van der Waals surface area contributed by atoms with Gasteiger partial charge in [0, 0.05) is 5.56 Å². The Bertz CT molecular complexity index is 439. The Hall–Kier alpha value is -1.97. The van der Waals surface area contributed by atoms with Gasteiger partial charge in [-0.25, -0.2) is 4.98 Å². The topological polar surface area (TPSA) is 58.9 Å². The molecule has 0 fully saturated rings. The van der Waals surface area contributed by atoms with E-state index in [4.69, 9.17) is 5.11 Å². The molecule has 0 unspecified atom stereocenters. The lowest BCUT2D eigenvalue weighted by Gasteiger charge is -2.00. The van der Waals surface area contributed by atoms with Crippen LogP contribution in [0.4, 0.5) is 0 Å². The maximum atomic E-state index is 9.11. The van der Waals surface area contributed by atoms with E-state index in [1.165, 1.54) is 0 Å². The van der Waals surface area contributed by atoms with Crippen molar-refractivity contribution in [3.63, 3.8) is 0 Å². The van der Waals surface area contributed by atoms with Gasteiger partial charge in [-0.3, -0.25) is 0 Å². The standard InChI is InChI=1S/C10H9N3O/c1-7-12-10(6-11-13-7)8-2-4-9(14)5-3-8/h2-6,14H,1H3. The molecule has 1 heterocycles. The molecule has 0 radical (unpaired) electrons. The van der Waals surface area contributed by atoms with Gasteiger partial charge in [-0.05, 0) is 31.2 Å². The molecule has 0 spiro atoms. The maximum Gasteiger partial charge on any atom is 0.148 e. The van der Waals surface area contributed by atoms with E-state index in [1.807, 2.05) is 0 Å². The molecule has 0 bridgehead atoms. The van der Waals surface area contributed by atoms with Gasteiger partial charge in [0.2, 0.25) is 0 Å². The molecule has 1 aromatic heterocycles. The monoisotopic (exact) mass is 187 g/mol. The summed E-state index contributed by atoms with van der Waals surface area (Å²) in [6, 6.07) is 6.82. The third kappa shape index (κ3) is 1.69. The molecule has 0 aliphatic heterocycles. The molecule has 1 N–H and O–H groups in total. The van der Waals surface area contributed by atoms with E-state index < -0.39 is 0 Å². The number of rotatable bonds is 1. The van der Waals surface area contributed by atoms with Crippen molar-refractivity contribution in [3.05, 3.63) is 36.3 Å². The SMILES string of the molecule is Cc1nncc(-c2ccc(O)cc2)n1. The highest BCUT2D eigenvalue weighted by Gasteiger charge is 2.00. The molecule has 70 valence electrons. The average molecular weight is 187 g/mol. The van der Waals surface area contributed by atoms with E-state index in [2.05, 4.69) is 15.2 Å². The van der Waals surface area contributed by atoms with Crippen LogP contribution in [-0.4, -0.2) is 20.3 Å². The van der Waals surface area contributed by atoms with Crippen molar-refractivity contribution < 1.29 is 5.11 Å². The lowest BCUT2D eigenvalue weighted by atomic mass is 10.1. The molecule has 0 aliphatic rings. The minimum atomic E-state index is 0.243. The minimum Gasteiger partial charge on any atom is -0.508 e. The van der Waals surface area contributed by atoms with Crippen molar-refractivity contribution in [1.29, 1.82) is 0 Å². The van der Waals surface area contributed by atoms with Crippen molar-refractivity contribution >= 4 is 0 Å². The summed E-state index contributed by atoms with van der Waals surface area (Å²) in [6.45, 7) is 1.79. The van der Waals surface area contributed by atoms with Crippen molar-refractivity contribution in [3.8, 4) is 17.0 Å². The molecule has 0 saturated heterocycles. The second-order valence-electron chi connectivity index (χ2n) is 2.94. The maximum absolute atomic E-state index is 9.11. The second kappa shape index (κ2) is 3.41. The fourth-order valence-electron chi connectivity index (χ4n) is 1.16. The summed E-state index contributed by atoms with van der Waals surface area (Å²) >= 11 is 0. The Labute approximate surface area is 81.3 Å². The summed E-state index contributed by atoms with van der Waals surface area (Å²) in [5.41, 5.74) is 1.68. The highest BCUT2D eigenvalue weighted by Crippen LogP contribution is 2.18. The van der Waals surface area contributed by atoms with Gasteiger partial charge >= 0.3 is 0 Å². The molecule has 1 aromatic carbocycles. The van der Waals surface area contributed by atoms with Gasteiger partial charge in [0.05, 0.1) is 11.9 Å². The smallest absolute Gasteiger partial charge is 0.148 e. The fraction of sp³-hybridized carbons (Fsp3) is 0.100. The third-order valence-corrected chi connectivity index (χ3v) is 1.83. The zero-order valence-corrected chi connectivity index (χ0v) is 7.68.